The summed E-state index contributed by atoms with van der Waals surface area (Å²) < 4.78 is 31.3. The predicted molar refractivity (Wildman–Crippen MR) is 139 cm³/mol. The third kappa shape index (κ3) is 6.67. The van der Waals surface area contributed by atoms with Crippen LogP contribution in [0.15, 0.2) is 97.1 Å². The molecule has 0 heterocycles. The van der Waals surface area contributed by atoms with Gasteiger partial charge in [-0.1, -0.05) is 44.0 Å². The fraction of sp³-hybridized carbons (Fsp3) is 0.100. The minimum absolute atomic E-state index is 0.0209. The van der Waals surface area contributed by atoms with Gasteiger partial charge in [0.1, 0.15) is 23.1 Å². The summed E-state index contributed by atoms with van der Waals surface area (Å²) in [6, 6.07) is 15.3. The molecule has 0 aromatic heterocycles. The summed E-state index contributed by atoms with van der Waals surface area (Å²) >= 11 is 0. The van der Waals surface area contributed by atoms with Gasteiger partial charge in [-0.2, -0.15) is 0 Å². The van der Waals surface area contributed by atoms with Crippen LogP contribution in [-0.4, -0.2) is 17.9 Å². The summed E-state index contributed by atoms with van der Waals surface area (Å²) in [7, 11) is 0. The molecule has 0 saturated carbocycles. The number of carbonyl (C=O) groups is 3. The quantitative estimate of drug-likeness (QED) is 0.197. The minimum Gasteiger partial charge on any atom is -0.423 e. The lowest BCUT2D eigenvalue weighted by Gasteiger charge is -2.15. The molecule has 0 N–H and O–H groups in total. The van der Waals surface area contributed by atoms with Crippen LogP contribution in [0.25, 0.3) is 22.3 Å². The van der Waals surface area contributed by atoms with E-state index in [9.17, 15) is 14.4 Å². The predicted octanol–water partition coefficient (Wildman–Crippen LogP) is 6.60. The zero-order chi connectivity index (χ0) is 27.3. The van der Waals surface area contributed by atoms with Gasteiger partial charge in [0.05, 0.1) is 5.56 Å². The Balaban J connectivity index is 2.00. The van der Waals surface area contributed by atoms with Crippen LogP contribution in [0.1, 0.15) is 20.8 Å². The van der Waals surface area contributed by atoms with E-state index < -0.39 is 23.7 Å². The zero-order valence-corrected chi connectivity index (χ0v) is 20.7. The van der Waals surface area contributed by atoms with Crippen molar-refractivity contribution < 1.29 is 33.0 Å². The van der Waals surface area contributed by atoms with Crippen LogP contribution in [-0.2, 0) is 14.4 Å². The van der Waals surface area contributed by atoms with Gasteiger partial charge in [-0.15, -0.1) is 0 Å². The van der Waals surface area contributed by atoms with E-state index in [0.29, 0.717) is 22.4 Å². The monoisotopic (exact) mass is 500 g/mol. The smallest absolute Gasteiger partial charge is 0.338 e. The van der Waals surface area contributed by atoms with Crippen LogP contribution in [0.3, 0.4) is 0 Å². The highest BCUT2D eigenvalue weighted by molar-refractivity contribution is 5.91. The molecule has 0 radical (unpaired) electrons. The second kappa shape index (κ2) is 11.3. The first-order valence-electron chi connectivity index (χ1n) is 11.1. The molecule has 0 aliphatic rings. The third-order valence-corrected chi connectivity index (χ3v) is 5.05. The summed E-state index contributed by atoms with van der Waals surface area (Å²) in [6.45, 7) is 15.2. The maximum Gasteiger partial charge on any atom is 0.338 e. The van der Waals surface area contributed by atoms with Gasteiger partial charge in [-0.25, -0.2) is 18.8 Å². The molecule has 0 aliphatic heterocycles. The van der Waals surface area contributed by atoms with Gasteiger partial charge < -0.3 is 14.2 Å². The Morgan fingerprint density at radius 3 is 1.43 bits per heavy atom. The van der Waals surface area contributed by atoms with E-state index in [0.717, 1.165) is 0 Å². The Labute approximate surface area is 214 Å². The molecule has 0 saturated heterocycles. The van der Waals surface area contributed by atoms with Gasteiger partial charge in [-0.05, 0) is 73.9 Å². The molecule has 7 heteroatoms. The average molecular weight is 501 g/mol. The van der Waals surface area contributed by atoms with Crippen molar-refractivity contribution in [2.24, 2.45) is 0 Å². The summed E-state index contributed by atoms with van der Waals surface area (Å²) in [5.74, 6) is -1.97. The highest BCUT2D eigenvalue weighted by Gasteiger charge is 2.19. The normalized spacial score (nSPS) is 10.3. The molecule has 3 aromatic rings. The topological polar surface area (TPSA) is 78.9 Å². The van der Waals surface area contributed by atoms with Crippen LogP contribution < -0.4 is 14.2 Å². The minimum atomic E-state index is -0.716. The Morgan fingerprint density at radius 1 is 0.595 bits per heavy atom. The first-order valence-corrected chi connectivity index (χ1v) is 11.1. The zero-order valence-electron chi connectivity index (χ0n) is 20.7. The van der Waals surface area contributed by atoms with Gasteiger partial charge in [0.2, 0.25) is 0 Å². The summed E-state index contributed by atoms with van der Waals surface area (Å²) in [5, 5.41) is 0. The van der Waals surface area contributed by atoms with E-state index in [4.69, 9.17) is 14.2 Å². The Morgan fingerprint density at radius 2 is 1.00 bits per heavy atom. The summed E-state index contributed by atoms with van der Waals surface area (Å²) in [5.41, 5.74) is 2.09. The van der Waals surface area contributed by atoms with Gasteiger partial charge in [0.15, 0.2) is 0 Å². The van der Waals surface area contributed by atoms with Gasteiger partial charge in [0, 0.05) is 16.7 Å². The van der Waals surface area contributed by atoms with Crippen molar-refractivity contribution in [3.05, 3.63) is 103 Å². The molecule has 0 fully saturated rings. The number of esters is 3. The Kier molecular flexibility index (Phi) is 8.19. The van der Waals surface area contributed by atoms with Gasteiger partial charge in [0.25, 0.3) is 0 Å². The van der Waals surface area contributed by atoms with E-state index in [1.165, 1.54) is 45.0 Å². The number of ether oxygens (including phenoxy) is 3. The maximum absolute atomic E-state index is 15.5. The van der Waals surface area contributed by atoms with E-state index in [-0.39, 0.29) is 33.8 Å². The van der Waals surface area contributed by atoms with Crippen molar-refractivity contribution >= 4 is 17.9 Å². The van der Waals surface area contributed by atoms with Gasteiger partial charge >= 0.3 is 17.9 Å². The van der Waals surface area contributed by atoms with E-state index in [1.807, 2.05) is 0 Å². The van der Waals surface area contributed by atoms with E-state index >= 15 is 4.39 Å². The van der Waals surface area contributed by atoms with Crippen molar-refractivity contribution in [3.63, 3.8) is 0 Å². The molecule has 0 aliphatic carbocycles. The number of rotatable bonds is 8. The van der Waals surface area contributed by atoms with Gasteiger partial charge in [-0.3, -0.25) is 0 Å². The molecule has 188 valence electrons. The standard InChI is InChI=1S/C30H25FO6/c1-17(2)28(32)35-23-11-7-20(8-12-23)22-15-25(31)27(26(16-22)37-30(34)19(5)6)21-9-13-24(14-10-21)36-29(33)18(3)4/h7-16H,1,3,5H2,2,4,6H3. The highest BCUT2D eigenvalue weighted by atomic mass is 19.1. The molecule has 6 nitrogen and oxygen atoms in total. The number of hydrogen-bond acceptors (Lipinski definition) is 6. The van der Waals surface area contributed by atoms with Crippen molar-refractivity contribution in [1.29, 1.82) is 0 Å². The molecular weight excluding hydrogens is 475 g/mol. The molecule has 0 amide bonds. The molecular formula is C30H25FO6. The molecule has 3 aromatic carbocycles. The first-order chi connectivity index (χ1) is 17.5. The van der Waals surface area contributed by atoms with Crippen LogP contribution in [0, 0.1) is 5.82 Å². The molecule has 0 unspecified atom stereocenters. The summed E-state index contributed by atoms with van der Waals surface area (Å²) in [4.78, 5) is 35.8. The number of halogens is 1. The average Bonchev–Trinajstić information content (AvgIpc) is 2.84. The lowest BCUT2D eigenvalue weighted by Crippen LogP contribution is -2.10. The molecule has 37 heavy (non-hydrogen) atoms. The molecule has 0 atom stereocenters. The Bertz CT molecular complexity index is 1420. The second-order valence-electron chi connectivity index (χ2n) is 8.39. The van der Waals surface area contributed by atoms with Crippen molar-refractivity contribution in [1.82, 2.24) is 0 Å². The summed E-state index contributed by atoms with van der Waals surface area (Å²) in [6.07, 6.45) is 0. The number of carbonyl (C=O) groups excluding carboxylic acids is 3. The highest BCUT2D eigenvalue weighted by Crippen LogP contribution is 2.38. The van der Waals surface area contributed by atoms with Crippen LogP contribution in [0.2, 0.25) is 0 Å². The van der Waals surface area contributed by atoms with Crippen LogP contribution in [0.4, 0.5) is 4.39 Å². The maximum atomic E-state index is 15.5. The lowest BCUT2D eigenvalue weighted by molar-refractivity contribution is -0.130. The Hall–Kier alpha value is -4.78. The number of benzene rings is 3. The van der Waals surface area contributed by atoms with Crippen molar-refractivity contribution in [2.75, 3.05) is 0 Å². The van der Waals surface area contributed by atoms with Crippen LogP contribution in [0.5, 0.6) is 17.2 Å². The third-order valence-electron chi connectivity index (χ3n) is 5.05. The second-order valence-corrected chi connectivity index (χ2v) is 8.39. The molecule has 0 bridgehead atoms. The van der Waals surface area contributed by atoms with Crippen molar-refractivity contribution in [2.45, 2.75) is 20.8 Å². The van der Waals surface area contributed by atoms with Crippen molar-refractivity contribution in [3.8, 4) is 39.5 Å². The largest absolute Gasteiger partial charge is 0.423 e. The lowest BCUT2D eigenvalue weighted by atomic mass is 9.98. The first kappa shape index (κ1) is 26.8. The molecule has 0 spiro atoms. The SMILES string of the molecule is C=C(C)C(=O)Oc1ccc(-c2cc(F)c(-c3ccc(OC(=O)C(=C)C)cc3)c(OC(=O)C(=C)C)c2)cc1. The number of hydrogen-bond donors (Lipinski definition) is 0. The van der Waals surface area contributed by atoms with Crippen LogP contribution >= 0.6 is 0 Å². The van der Waals surface area contributed by atoms with E-state index in [1.54, 1.807) is 36.4 Å². The van der Waals surface area contributed by atoms with E-state index in [2.05, 4.69) is 19.7 Å². The fourth-order valence-electron chi connectivity index (χ4n) is 3.09. The molecule has 3 rings (SSSR count). The fourth-order valence-corrected chi connectivity index (χ4v) is 3.09.